The summed E-state index contributed by atoms with van der Waals surface area (Å²) in [6, 6.07) is 36.7. The molecule has 4 fully saturated rings. The van der Waals surface area contributed by atoms with Crippen LogP contribution in [0.4, 0.5) is 40.3 Å². The van der Waals surface area contributed by atoms with Crippen molar-refractivity contribution in [2.24, 2.45) is 0 Å². The van der Waals surface area contributed by atoms with Gasteiger partial charge in [-0.25, -0.2) is 44.3 Å². The van der Waals surface area contributed by atoms with Crippen LogP contribution in [0.2, 0.25) is 5.02 Å². The van der Waals surface area contributed by atoms with Gasteiger partial charge in [-0.05, 0) is 96.7 Å². The van der Waals surface area contributed by atoms with Crippen LogP contribution in [-0.4, -0.2) is 178 Å². The van der Waals surface area contributed by atoms with Gasteiger partial charge in [0.1, 0.15) is 17.6 Å². The summed E-state index contributed by atoms with van der Waals surface area (Å²) in [5.74, 6) is 2.32. The normalized spacial score (nSPS) is 16.2. The Morgan fingerprint density at radius 2 is 0.644 bits per heavy atom. The Morgan fingerprint density at radius 1 is 0.363 bits per heavy atom. The van der Waals surface area contributed by atoms with E-state index in [-0.39, 0.29) is 41.0 Å². The molecule has 0 unspecified atom stereocenters. The van der Waals surface area contributed by atoms with Gasteiger partial charge < -0.3 is 64.6 Å². The fourth-order valence-electron chi connectivity index (χ4n) is 17.4. The van der Waals surface area contributed by atoms with Gasteiger partial charge in [-0.1, -0.05) is 147 Å². The Labute approximate surface area is 787 Å². The van der Waals surface area contributed by atoms with E-state index in [4.69, 9.17) is 50.2 Å². The fourth-order valence-corrected chi connectivity index (χ4v) is 17.7. The van der Waals surface area contributed by atoms with E-state index in [9.17, 15) is 17.6 Å². The highest BCUT2D eigenvalue weighted by Crippen LogP contribution is 2.41. The summed E-state index contributed by atoms with van der Waals surface area (Å²) in [4.78, 5) is 64.0. The minimum atomic E-state index is -4.51. The Balaban J connectivity index is 0.000000125. The number of para-hydroxylation sites is 1. The molecule has 0 bridgehead atoms. The van der Waals surface area contributed by atoms with Crippen LogP contribution in [0, 0.1) is 5.82 Å². The second kappa shape index (κ2) is 42.8. The number of aromatic nitrogens is 12. The molecule has 20 rings (SSSR count). The number of nitrogens with zero attached hydrogens (tertiary/aromatic N) is 16. The van der Waals surface area contributed by atoms with Gasteiger partial charge in [0, 0.05) is 188 Å². The maximum Gasteiger partial charge on any atom is 0.412 e. The molecule has 4 saturated heterocycles. The molecule has 135 heavy (non-hydrogen) atoms. The monoisotopic (exact) mass is 1840 g/mol. The van der Waals surface area contributed by atoms with E-state index >= 15 is 0 Å². The number of hydrogen-bond acceptors (Lipinski definition) is 25. The molecule has 4 aliphatic carbocycles. The lowest BCUT2D eigenvalue weighted by Crippen LogP contribution is -2.36. The second-order valence-corrected chi connectivity index (χ2v) is 33.9. The summed E-state index contributed by atoms with van der Waals surface area (Å²) in [6.45, 7) is 34.9. The van der Waals surface area contributed by atoms with Crippen molar-refractivity contribution in [1.29, 1.82) is 0 Å². The number of pyridine rings is 4. The van der Waals surface area contributed by atoms with Gasteiger partial charge in [-0.2, -0.15) is 13.2 Å². The molecule has 4 aliphatic heterocycles. The van der Waals surface area contributed by atoms with Crippen molar-refractivity contribution < 1.29 is 41.2 Å². The number of allylic oxidation sites excluding steroid dienone is 4. The third kappa shape index (κ3) is 22.0. The van der Waals surface area contributed by atoms with Gasteiger partial charge in [-0.15, -0.1) is 0 Å². The van der Waals surface area contributed by atoms with Crippen molar-refractivity contribution in [3.8, 4) is 5.75 Å². The van der Waals surface area contributed by atoms with Crippen LogP contribution >= 0.6 is 11.6 Å². The summed E-state index contributed by atoms with van der Waals surface area (Å²) in [7, 11) is 1.68. The summed E-state index contributed by atoms with van der Waals surface area (Å²) < 4.78 is 82.5. The largest absolute Gasteiger partial charge is 0.496 e. The number of ether oxygens (including phenoxy) is 5. The van der Waals surface area contributed by atoms with Gasteiger partial charge in [-0.3, -0.25) is 19.9 Å². The Bertz CT molecular complexity index is 6210. The molecular weight excluding hydrogens is 1730 g/mol. The summed E-state index contributed by atoms with van der Waals surface area (Å²) in [5, 5.41) is 13.1. The number of alkyl halides is 3. The number of fused-ring (bicyclic) bond motifs is 4. The quantitative estimate of drug-likeness (QED) is 0.0388. The predicted molar refractivity (Wildman–Crippen MR) is 520 cm³/mol. The van der Waals surface area contributed by atoms with E-state index in [2.05, 4.69) is 168 Å². The van der Waals surface area contributed by atoms with Gasteiger partial charge in [0.15, 0.2) is 23.3 Å². The lowest BCUT2D eigenvalue weighted by atomic mass is 10.0. The molecule has 25 nitrogen and oxygen atoms in total. The van der Waals surface area contributed by atoms with E-state index in [0.29, 0.717) is 59.8 Å². The molecule has 4 N–H and O–H groups in total. The number of morpholine rings is 4. The lowest BCUT2D eigenvalue weighted by molar-refractivity contribution is -0.154. The van der Waals surface area contributed by atoms with E-state index in [1.54, 1.807) is 49.8 Å². The number of hydrogen-bond donors (Lipinski definition) is 4. The SMILES string of the molecule is C=C(N[C@@H](C)c1ccccc1Cl)c1ncc(C2=CCc3ncc(N4CCOCC4)cc32)cn1.C=C(N[C@@H](C)c1ccccc1F)c1ncc(C2=CCc3ncc(N4CCOCC4)cc32)cn1.C=C(N[C@@H](C)c1ccccc1OC)c1ncc(C2=CCc3ncc(N4CCOCC4)cc32)cn1.C=C(N[C@H](c1ccccc1)C(F)(F)F)c1ncc(C2=CCc3ncc(N4CCOCC4)cc32)cn1. The van der Waals surface area contributed by atoms with Crippen molar-refractivity contribution in [2.45, 2.75) is 76.8 Å². The van der Waals surface area contributed by atoms with E-state index < -0.39 is 12.2 Å². The second-order valence-electron chi connectivity index (χ2n) is 33.4. The molecule has 4 atom stereocenters. The van der Waals surface area contributed by atoms with E-state index in [1.807, 2.05) is 130 Å². The molecule has 12 heterocycles. The standard InChI is InChI=1S/C27H29N5O2.C26H26ClN5O.C26H24F3N5O.C26H26FN5O/c1-18(22-6-4-5-7-26(22)33-3)31-19(2)27-29-15-20(16-30-27)23-8-9-25-24(23)14-21(17-28-25)32-10-12-34-13-11-32;1-17(21-5-3-4-6-24(21)27)31-18(2)26-29-14-19(15-30-26)22-7-8-25-23(22)13-20(16-28-25)32-9-11-33-12-10-32;1-17(33-24(26(27,28)29)18-5-3-2-4-6-18)25-31-14-19(15-32-25)21-7-8-23-22(21)13-20(16-30-23)34-9-11-35-12-10-34;1-17(21-5-3-4-6-24(21)27)31-18(2)26-29-14-19(15-30-26)22-7-8-25-23(22)13-20(16-28-25)32-9-11-33-12-10-32/h4-8,14-18,31H,2,9-13H2,1,3H3;3-7,13-17,31H,2,8-12H2,1H3;2-7,13-16,24,33H,1,8-12H2;3-7,13-17,31H,2,8-12H2,1H3/t18-;17-;24-;17-/m0010/s1. The first-order chi connectivity index (χ1) is 65.7. The molecule has 0 amide bonds. The van der Waals surface area contributed by atoms with Crippen LogP contribution in [0.1, 0.15) is 158 Å². The Kier molecular flexibility index (Phi) is 29.3. The maximum absolute atomic E-state index is 14.1. The van der Waals surface area contributed by atoms with Gasteiger partial charge >= 0.3 is 6.18 Å². The van der Waals surface area contributed by atoms with Crippen molar-refractivity contribution in [2.75, 3.05) is 132 Å². The van der Waals surface area contributed by atoms with Crippen LogP contribution in [0.25, 0.3) is 45.1 Å². The van der Waals surface area contributed by atoms with Crippen LogP contribution < -0.4 is 45.6 Å². The topological polar surface area (TPSA) is 262 Å². The first kappa shape index (κ1) is 92.6. The molecule has 0 radical (unpaired) electrons. The molecule has 30 heteroatoms. The first-order valence-electron chi connectivity index (χ1n) is 45.2. The van der Waals surface area contributed by atoms with E-state index in [0.717, 1.165) is 245 Å². The highest BCUT2D eigenvalue weighted by atomic mass is 35.5. The number of benzene rings is 4. The van der Waals surface area contributed by atoms with Crippen LogP contribution in [0.3, 0.4) is 0 Å². The van der Waals surface area contributed by atoms with Gasteiger partial charge in [0.25, 0.3) is 0 Å². The number of anilines is 4. The first-order valence-corrected chi connectivity index (χ1v) is 45.6. The van der Waals surface area contributed by atoms with Crippen molar-refractivity contribution in [3.63, 3.8) is 0 Å². The molecule has 4 aromatic carbocycles. The van der Waals surface area contributed by atoms with Crippen molar-refractivity contribution >= 4 is 79.4 Å². The number of nitrogens with one attached hydrogen (secondary N) is 4. The minimum absolute atomic E-state index is 0.000185. The third-order valence-electron chi connectivity index (χ3n) is 24.7. The number of methoxy groups -OCH3 is 1. The van der Waals surface area contributed by atoms with Gasteiger partial charge in [0.05, 0.1) is 171 Å². The number of halogens is 5. The highest BCUT2D eigenvalue weighted by Gasteiger charge is 2.42. The van der Waals surface area contributed by atoms with Crippen molar-refractivity contribution in [1.82, 2.24) is 81.1 Å². The Hall–Kier alpha value is -14.2. The molecular formula is C105H105ClF4N20O5. The van der Waals surface area contributed by atoms with Gasteiger partial charge in [0.2, 0.25) is 0 Å². The zero-order valence-corrected chi connectivity index (χ0v) is 76.5. The van der Waals surface area contributed by atoms with Crippen molar-refractivity contribution in [3.05, 3.63) is 376 Å². The molecule has 12 aromatic rings. The van der Waals surface area contributed by atoms with Crippen LogP contribution in [0.15, 0.2) is 252 Å². The third-order valence-corrected chi connectivity index (χ3v) is 25.1. The lowest BCUT2D eigenvalue weighted by Gasteiger charge is -2.29. The average Bonchev–Trinajstić information content (AvgIpc) is 1.66. The summed E-state index contributed by atoms with van der Waals surface area (Å²) in [6.07, 6.45) is 29.4. The van der Waals surface area contributed by atoms with E-state index in [1.165, 1.54) is 18.2 Å². The molecule has 8 aliphatic rings. The molecule has 0 spiro atoms. The fraction of sp³-hybridized carbons (Fsp3) is 0.276. The molecule has 8 aromatic heterocycles. The average molecular weight is 1840 g/mol. The Morgan fingerprint density at radius 3 is 0.963 bits per heavy atom. The summed E-state index contributed by atoms with van der Waals surface area (Å²) in [5.41, 5.74) is 25.7. The highest BCUT2D eigenvalue weighted by molar-refractivity contribution is 6.31. The smallest absolute Gasteiger partial charge is 0.412 e. The van der Waals surface area contributed by atoms with Crippen LogP contribution in [-0.2, 0) is 44.6 Å². The zero-order chi connectivity index (χ0) is 93.5. The van der Waals surface area contributed by atoms with Crippen LogP contribution in [0.5, 0.6) is 5.75 Å². The molecule has 690 valence electrons. The zero-order valence-electron chi connectivity index (χ0n) is 75.7. The summed E-state index contributed by atoms with van der Waals surface area (Å²) >= 11 is 6.32. The maximum atomic E-state index is 14.1. The minimum Gasteiger partial charge on any atom is -0.496 e. The predicted octanol–water partition coefficient (Wildman–Crippen LogP) is 17.4. The molecule has 0 saturated carbocycles. The number of rotatable bonds is 25.